The summed E-state index contributed by atoms with van der Waals surface area (Å²) < 4.78 is 2.02. The Kier molecular flexibility index (Phi) is 4.60. The monoisotopic (exact) mass is 292 g/mol. The first kappa shape index (κ1) is 15.2. The fourth-order valence-electron chi connectivity index (χ4n) is 1.97. The van der Waals surface area contributed by atoms with Crippen molar-refractivity contribution in [3.05, 3.63) is 23.1 Å². The molecule has 5 heteroatoms. The number of hydrogen-bond acceptors (Lipinski definition) is 4. The molecule has 0 aliphatic heterocycles. The summed E-state index contributed by atoms with van der Waals surface area (Å²) in [5.74, 6) is 0. The van der Waals surface area contributed by atoms with Gasteiger partial charge < -0.3 is 9.88 Å². The van der Waals surface area contributed by atoms with Crippen molar-refractivity contribution >= 4 is 11.3 Å². The zero-order chi connectivity index (χ0) is 14.8. The third kappa shape index (κ3) is 3.67. The van der Waals surface area contributed by atoms with Gasteiger partial charge in [-0.3, -0.25) is 0 Å². The molecule has 0 amide bonds. The topological polar surface area (TPSA) is 42.7 Å². The van der Waals surface area contributed by atoms with E-state index in [2.05, 4.69) is 38.0 Å². The Morgan fingerprint density at radius 1 is 1.35 bits per heavy atom. The highest BCUT2D eigenvalue weighted by Crippen LogP contribution is 2.28. The van der Waals surface area contributed by atoms with Gasteiger partial charge in [0.25, 0.3) is 0 Å². The van der Waals surface area contributed by atoms with Gasteiger partial charge in [-0.2, -0.15) is 0 Å². The van der Waals surface area contributed by atoms with E-state index in [0.29, 0.717) is 0 Å². The number of aryl methyl sites for hydroxylation is 2. The van der Waals surface area contributed by atoms with Crippen molar-refractivity contribution in [1.29, 1.82) is 0 Å². The van der Waals surface area contributed by atoms with Crippen LogP contribution in [0.1, 0.15) is 44.7 Å². The largest absolute Gasteiger partial charge is 0.332 e. The molecule has 4 nitrogen and oxygen atoms in total. The second-order valence-corrected chi connectivity index (χ2v) is 7.22. The van der Waals surface area contributed by atoms with Gasteiger partial charge in [-0.15, -0.1) is 11.3 Å². The fourth-order valence-corrected chi connectivity index (χ4v) is 3.07. The molecule has 1 N–H and O–H groups in total. The van der Waals surface area contributed by atoms with Crippen LogP contribution in [0.5, 0.6) is 0 Å². The van der Waals surface area contributed by atoms with Gasteiger partial charge in [-0.05, 0) is 27.2 Å². The average Bonchev–Trinajstić information content (AvgIpc) is 2.92. The molecule has 2 aromatic rings. The minimum absolute atomic E-state index is 0.125. The van der Waals surface area contributed by atoms with Gasteiger partial charge >= 0.3 is 0 Å². The summed E-state index contributed by atoms with van der Waals surface area (Å²) in [6.45, 7) is 9.65. The van der Waals surface area contributed by atoms with Gasteiger partial charge in [0.1, 0.15) is 5.01 Å². The maximum absolute atomic E-state index is 4.82. The molecule has 2 heterocycles. The molecule has 0 aliphatic rings. The quantitative estimate of drug-likeness (QED) is 0.918. The summed E-state index contributed by atoms with van der Waals surface area (Å²) in [7, 11) is 2.01. The van der Waals surface area contributed by atoms with Crippen molar-refractivity contribution in [2.45, 2.75) is 52.6 Å². The molecule has 0 saturated heterocycles. The highest BCUT2D eigenvalue weighted by atomic mass is 32.1. The molecule has 2 rings (SSSR count). The zero-order valence-corrected chi connectivity index (χ0v) is 13.8. The fraction of sp³-hybridized carbons (Fsp3) is 0.600. The van der Waals surface area contributed by atoms with Crippen LogP contribution in [-0.2, 0) is 20.0 Å². The van der Waals surface area contributed by atoms with Crippen LogP contribution >= 0.6 is 11.3 Å². The van der Waals surface area contributed by atoms with Gasteiger partial charge in [-0.1, -0.05) is 13.3 Å². The van der Waals surface area contributed by atoms with Gasteiger partial charge in [-0.25, -0.2) is 9.97 Å². The molecule has 0 spiro atoms. The number of hydrogen-bond donors (Lipinski definition) is 1. The molecule has 0 aromatic carbocycles. The summed E-state index contributed by atoms with van der Waals surface area (Å²) >= 11 is 1.78. The summed E-state index contributed by atoms with van der Waals surface area (Å²) in [5.41, 5.74) is 2.44. The van der Waals surface area contributed by atoms with E-state index in [1.807, 2.05) is 24.1 Å². The van der Waals surface area contributed by atoms with Gasteiger partial charge in [0.05, 0.1) is 23.9 Å². The molecule has 110 valence electrons. The second-order valence-electron chi connectivity index (χ2n) is 6.13. The normalized spacial score (nSPS) is 12.1. The molecular formula is C15H24N4S. The van der Waals surface area contributed by atoms with Gasteiger partial charge in [0.2, 0.25) is 0 Å². The molecule has 20 heavy (non-hydrogen) atoms. The summed E-state index contributed by atoms with van der Waals surface area (Å²) in [6.07, 6.45) is 5.87. The summed E-state index contributed by atoms with van der Waals surface area (Å²) in [5, 5.41) is 4.63. The molecule has 0 fully saturated rings. The van der Waals surface area contributed by atoms with Crippen molar-refractivity contribution in [2.75, 3.05) is 0 Å². The van der Waals surface area contributed by atoms with Crippen molar-refractivity contribution < 1.29 is 0 Å². The maximum atomic E-state index is 4.82. The van der Waals surface area contributed by atoms with E-state index in [9.17, 15) is 0 Å². The van der Waals surface area contributed by atoms with Crippen molar-refractivity contribution in [2.24, 2.45) is 7.05 Å². The maximum Gasteiger partial charge on any atom is 0.142 e. The Balaban J connectivity index is 2.26. The highest BCUT2D eigenvalue weighted by molar-refractivity contribution is 7.15. The third-order valence-electron chi connectivity index (χ3n) is 3.08. The van der Waals surface area contributed by atoms with E-state index >= 15 is 0 Å². The first-order chi connectivity index (χ1) is 9.40. The number of aromatic nitrogens is 3. The van der Waals surface area contributed by atoms with E-state index < -0.39 is 0 Å². The molecule has 0 unspecified atom stereocenters. The Hall–Kier alpha value is -1.20. The van der Waals surface area contributed by atoms with E-state index in [0.717, 1.165) is 30.1 Å². The van der Waals surface area contributed by atoms with Crippen LogP contribution in [0.3, 0.4) is 0 Å². The minimum atomic E-state index is 0.125. The molecular weight excluding hydrogens is 268 g/mol. The Labute approximate surface area is 125 Å². The van der Waals surface area contributed by atoms with Crippen LogP contribution in [0, 0.1) is 0 Å². The van der Waals surface area contributed by atoms with Crippen molar-refractivity contribution in [1.82, 2.24) is 19.9 Å². The van der Waals surface area contributed by atoms with Crippen LogP contribution in [0.2, 0.25) is 0 Å². The SMILES string of the molecule is CCCc1nc(-c2cncn2C)sc1CNC(C)(C)C. The van der Waals surface area contributed by atoms with Gasteiger partial charge in [0.15, 0.2) is 0 Å². The lowest BCUT2D eigenvalue weighted by Gasteiger charge is -2.20. The first-order valence-corrected chi connectivity index (χ1v) is 7.92. The number of nitrogens with one attached hydrogen (secondary N) is 1. The van der Waals surface area contributed by atoms with Crippen molar-refractivity contribution in [3.63, 3.8) is 0 Å². The first-order valence-electron chi connectivity index (χ1n) is 7.11. The van der Waals surface area contributed by atoms with E-state index in [-0.39, 0.29) is 5.54 Å². The average molecular weight is 292 g/mol. The van der Waals surface area contributed by atoms with Crippen LogP contribution in [0.25, 0.3) is 10.7 Å². The Morgan fingerprint density at radius 3 is 2.65 bits per heavy atom. The zero-order valence-electron chi connectivity index (χ0n) is 13.0. The predicted molar refractivity (Wildman–Crippen MR) is 84.9 cm³/mol. The van der Waals surface area contributed by atoms with Crippen LogP contribution in [0.4, 0.5) is 0 Å². The molecule has 0 bridgehead atoms. The van der Waals surface area contributed by atoms with Crippen LogP contribution in [-0.4, -0.2) is 20.1 Å². The number of nitrogens with zero attached hydrogens (tertiary/aromatic N) is 3. The molecule has 0 aliphatic carbocycles. The molecule has 0 radical (unpaired) electrons. The lowest BCUT2D eigenvalue weighted by Crippen LogP contribution is -2.35. The molecule has 0 saturated carbocycles. The van der Waals surface area contributed by atoms with E-state index in [1.54, 1.807) is 11.3 Å². The number of rotatable bonds is 5. The Morgan fingerprint density at radius 2 is 2.10 bits per heavy atom. The van der Waals surface area contributed by atoms with E-state index in [1.165, 1.54) is 10.6 Å². The lowest BCUT2D eigenvalue weighted by molar-refractivity contribution is 0.425. The minimum Gasteiger partial charge on any atom is -0.332 e. The van der Waals surface area contributed by atoms with Crippen LogP contribution in [0.15, 0.2) is 12.5 Å². The highest BCUT2D eigenvalue weighted by Gasteiger charge is 2.16. The standard InChI is InChI=1S/C15H24N4S/c1-6-7-11-13(9-17-15(2,3)4)20-14(18-11)12-8-16-10-19(12)5/h8,10,17H,6-7,9H2,1-5H3. The summed E-state index contributed by atoms with van der Waals surface area (Å²) in [4.78, 5) is 10.3. The predicted octanol–water partition coefficient (Wildman–Crippen LogP) is 3.38. The smallest absolute Gasteiger partial charge is 0.142 e. The number of imidazole rings is 1. The third-order valence-corrected chi connectivity index (χ3v) is 4.20. The molecule has 0 atom stereocenters. The second kappa shape index (κ2) is 6.06. The van der Waals surface area contributed by atoms with Crippen LogP contribution < -0.4 is 5.32 Å². The summed E-state index contributed by atoms with van der Waals surface area (Å²) in [6, 6.07) is 0. The van der Waals surface area contributed by atoms with Gasteiger partial charge in [0, 0.05) is 24.0 Å². The van der Waals surface area contributed by atoms with E-state index in [4.69, 9.17) is 4.98 Å². The van der Waals surface area contributed by atoms with Crippen molar-refractivity contribution in [3.8, 4) is 10.7 Å². The lowest BCUT2D eigenvalue weighted by atomic mass is 10.1. The number of thiazole rings is 1. The Bertz CT molecular complexity index is 563. The molecule has 2 aromatic heterocycles.